The fourth-order valence-electron chi connectivity index (χ4n) is 8.08. The van der Waals surface area contributed by atoms with Gasteiger partial charge in [-0.1, -0.05) is 103 Å². The second-order valence-electron chi connectivity index (χ2n) is 12.9. The molecule has 4 atom stereocenters. The Bertz CT molecular complexity index is 1670. The summed E-state index contributed by atoms with van der Waals surface area (Å²) in [5.74, 6) is 0.995. The van der Waals surface area contributed by atoms with Crippen LogP contribution in [0, 0.1) is 5.92 Å². The second-order valence-corrected chi connectivity index (χ2v) is 12.9. The Balaban J connectivity index is 0.998. The van der Waals surface area contributed by atoms with Gasteiger partial charge in [0.05, 0.1) is 6.04 Å². The number of nitrogens with zero attached hydrogens (tertiary/aromatic N) is 2. The molecule has 8 rings (SSSR count). The summed E-state index contributed by atoms with van der Waals surface area (Å²) in [7, 11) is 0. The summed E-state index contributed by atoms with van der Waals surface area (Å²) in [6, 6.07) is 21.1. The summed E-state index contributed by atoms with van der Waals surface area (Å²) < 4.78 is 0. The van der Waals surface area contributed by atoms with Crippen LogP contribution in [0.5, 0.6) is 0 Å². The SMILES string of the molecule is C1=CC(N(C2=CCC(c3ccc(N4C5=C(CCC=C5)C5C=CCCC54)cc3)C=C2)C2C=CC(c3ccccc3)=CC2)=CCC1. The Kier molecular flexibility index (Phi) is 7.44. The maximum Gasteiger partial charge on any atom is 0.0560 e. The minimum atomic E-state index is 0.315. The quantitative estimate of drug-likeness (QED) is 0.317. The van der Waals surface area contributed by atoms with Gasteiger partial charge in [0.2, 0.25) is 0 Å². The first-order valence-electron chi connectivity index (χ1n) is 16.8. The largest absolute Gasteiger partial charge is 0.337 e. The van der Waals surface area contributed by atoms with E-state index in [4.69, 9.17) is 0 Å². The lowest BCUT2D eigenvalue weighted by atomic mass is 9.84. The number of fused-ring (bicyclic) bond motifs is 2. The summed E-state index contributed by atoms with van der Waals surface area (Å²) in [4.78, 5) is 5.21. The predicted molar refractivity (Wildman–Crippen MR) is 185 cm³/mol. The molecule has 2 heteroatoms. The molecule has 0 aromatic heterocycles. The number of allylic oxidation sites excluding steroid dienone is 11. The summed E-state index contributed by atoms with van der Waals surface area (Å²) >= 11 is 0. The van der Waals surface area contributed by atoms with E-state index in [-0.39, 0.29) is 0 Å². The number of hydrogen-bond donors (Lipinski definition) is 0. The number of anilines is 1. The van der Waals surface area contributed by atoms with Gasteiger partial charge < -0.3 is 9.80 Å². The van der Waals surface area contributed by atoms with Gasteiger partial charge in [0.1, 0.15) is 0 Å². The molecule has 0 N–H and O–H groups in total. The monoisotopic (exact) mass is 574 g/mol. The fourth-order valence-corrected chi connectivity index (χ4v) is 8.08. The molecule has 0 spiro atoms. The molecule has 0 radical (unpaired) electrons. The van der Waals surface area contributed by atoms with Crippen molar-refractivity contribution in [2.24, 2.45) is 5.92 Å². The molecular formula is C42H42N2. The fraction of sp³-hybridized carbons (Fsp3) is 0.286. The molecule has 220 valence electrons. The Morgan fingerprint density at radius 2 is 1.52 bits per heavy atom. The van der Waals surface area contributed by atoms with E-state index in [1.807, 2.05) is 0 Å². The van der Waals surface area contributed by atoms with Crippen LogP contribution >= 0.6 is 0 Å². The highest BCUT2D eigenvalue weighted by molar-refractivity contribution is 5.75. The van der Waals surface area contributed by atoms with Gasteiger partial charge in [0, 0.05) is 40.7 Å². The number of hydrogen-bond acceptors (Lipinski definition) is 2. The molecule has 1 aliphatic heterocycles. The molecule has 0 amide bonds. The molecule has 0 fully saturated rings. The van der Waals surface area contributed by atoms with E-state index in [1.54, 1.807) is 5.57 Å². The van der Waals surface area contributed by atoms with Crippen molar-refractivity contribution in [3.05, 3.63) is 167 Å². The van der Waals surface area contributed by atoms with Gasteiger partial charge >= 0.3 is 0 Å². The van der Waals surface area contributed by atoms with Gasteiger partial charge in [-0.25, -0.2) is 0 Å². The maximum absolute atomic E-state index is 2.65. The first-order chi connectivity index (χ1) is 21.8. The van der Waals surface area contributed by atoms with Crippen molar-refractivity contribution in [1.29, 1.82) is 0 Å². The molecule has 0 saturated carbocycles. The zero-order chi connectivity index (χ0) is 29.3. The Morgan fingerprint density at radius 1 is 0.659 bits per heavy atom. The normalized spacial score (nSPS) is 27.1. The molecule has 2 nitrogen and oxygen atoms in total. The minimum Gasteiger partial charge on any atom is -0.337 e. The highest BCUT2D eigenvalue weighted by atomic mass is 15.2. The summed E-state index contributed by atoms with van der Waals surface area (Å²) in [6.45, 7) is 0. The van der Waals surface area contributed by atoms with Gasteiger partial charge in [-0.05, 0) is 104 Å². The zero-order valence-electron chi connectivity index (χ0n) is 25.6. The summed E-state index contributed by atoms with van der Waals surface area (Å²) in [6.07, 6.45) is 40.2. The van der Waals surface area contributed by atoms with Crippen molar-refractivity contribution >= 4 is 11.3 Å². The Morgan fingerprint density at radius 3 is 2.30 bits per heavy atom. The molecule has 6 aliphatic rings. The van der Waals surface area contributed by atoms with Gasteiger partial charge in [-0.15, -0.1) is 0 Å². The zero-order valence-corrected chi connectivity index (χ0v) is 25.6. The highest BCUT2D eigenvalue weighted by Crippen LogP contribution is 2.46. The molecule has 0 bridgehead atoms. The van der Waals surface area contributed by atoms with Crippen molar-refractivity contribution in [1.82, 2.24) is 4.90 Å². The third-order valence-electron chi connectivity index (χ3n) is 10.3. The van der Waals surface area contributed by atoms with Crippen molar-refractivity contribution in [2.75, 3.05) is 4.90 Å². The van der Waals surface area contributed by atoms with Gasteiger partial charge in [0.15, 0.2) is 0 Å². The topological polar surface area (TPSA) is 6.48 Å². The van der Waals surface area contributed by atoms with Crippen molar-refractivity contribution in [2.45, 2.75) is 69.4 Å². The average Bonchev–Trinajstić information content (AvgIpc) is 3.44. The van der Waals surface area contributed by atoms with Gasteiger partial charge in [0.25, 0.3) is 0 Å². The Labute approximate surface area is 263 Å². The van der Waals surface area contributed by atoms with Crippen LogP contribution in [0.1, 0.15) is 68.4 Å². The van der Waals surface area contributed by atoms with E-state index in [9.17, 15) is 0 Å². The van der Waals surface area contributed by atoms with Crippen LogP contribution in [0.2, 0.25) is 0 Å². The minimum absolute atomic E-state index is 0.315. The van der Waals surface area contributed by atoms with E-state index in [1.165, 1.54) is 65.2 Å². The molecule has 5 aliphatic carbocycles. The van der Waals surface area contributed by atoms with Crippen LogP contribution < -0.4 is 4.90 Å². The van der Waals surface area contributed by atoms with Crippen LogP contribution in [0.3, 0.4) is 0 Å². The van der Waals surface area contributed by atoms with Crippen LogP contribution in [0.25, 0.3) is 5.57 Å². The van der Waals surface area contributed by atoms with Crippen molar-refractivity contribution < 1.29 is 0 Å². The third kappa shape index (κ3) is 5.11. The van der Waals surface area contributed by atoms with E-state index in [0.29, 0.717) is 23.9 Å². The smallest absolute Gasteiger partial charge is 0.0560 e. The van der Waals surface area contributed by atoms with Crippen LogP contribution in [-0.4, -0.2) is 17.0 Å². The van der Waals surface area contributed by atoms with Crippen molar-refractivity contribution in [3.63, 3.8) is 0 Å². The maximum atomic E-state index is 2.65. The predicted octanol–water partition coefficient (Wildman–Crippen LogP) is 10.3. The Hall–Kier alpha value is -4.30. The first kappa shape index (κ1) is 27.3. The molecule has 0 saturated heterocycles. The van der Waals surface area contributed by atoms with Crippen LogP contribution in [0.4, 0.5) is 5.69 Å². The molecule has 44 heavy (non-hydrogen) atoms. The number of rotatable bonds is 6. The summed E-state index contributed by atoms with van der Waals surface area (Å²) in [5.41, 5.74) is 11.1. The van der Waals surface area contributed by atoms with Crippen LogP contribution in [0.15, 0.2) is 156 Å². The second kappa shape index (κ2) is 12.0. The van der Waals surface area contributed by atoms with Crippen molar-refractivity contribution in [3.8, 4) is 0 Å². The summed E-state index contributed by atoms with van der Waals surface area (Å²) in [5, 5.41) is 0. The average molecular weight is 575 g/mol. The molecule has 2 aromatic rings. The molecule has 1 heterocycles. The van der Waals surface area contributed by atoms with Gasteiger partial charge in [-0.3, -0.25) is 0 Å². The molecule has 2 aromatic carbocycles. The lowest BCUT2D eigenvalue weighted by Crippen LogP contribution is -2.34. The standard InChI is InChI=1S/C42H42N2/c1-3-11-31(12-4-1)32-19-25-36(26-20-32)43(35-13-5-2-6-14-35)37-27-21-33(22-28-37)34-23-29-38(30-24-34)44-41-17-9-7-15-39(41)40-16-8-10-18-42(40)44/h1,3-5,7,10-15,18-21,23-25,27-30,33,36,39,41H,2,6,8-9,16-17,22,26H2. The third-order valence-corrected chi connectivity index (χ3v) is 10.3. The van der Waals surface area contributed by atoms with E-state index < -0.39 is 0 Å². The molecular weight excluding hydrogens is 532 g/mol. The first-order valence-corrected chi connectivity index (χ1v) is 16.8. The van der Waals surface area contributed by atoms with Crippen LogP contribution in [-0.2, 0) is 0 Å². The highest BCUT2D eigenvalue weighted by Gasteiger charge is 2.40. The lowest BCUT2D eigenvalue weighted by molar-refractivity contribution is 0.376. The lowest BCUT2D eigenvalue weighted by Gasteiger charge is -2.37. The number of benzene rings is 2. The van der Waals surface area contributed by atoms with E-state index in [2.05, 4.69) is 143 Å². The van der Waals surface area contributed by atoms with E-state index >= 15 is 0 Å². The molecule has 4 unspecified atom stereocenters. The van der Waals surface area contributed by atoms with E-state index in [0.717, 1.165) is 25.7 Å². The van der Waals surface area contributed by atoms with Gasteiger partial charge in [-0.2, -0.15) is 0 Å².